The Hall–Kier alpha value is -1.76. The molecule has 1 rings (SSSR count). The number of allylic oxidation sites excluding steroid dienone is 2. The van der Waals surface area contributed by atoms with Gasteiger partial charge >= 0.3 is 5.97 Å². The van der Waals surface area contributed by atoms with Gasteiger partial charge in [-0.3, -0.25) is 9.59 Å². The fourth-order valence-corrected chi connectivity index (χ4v) is 4.12. The monoisotopic (exact) mass is 494 g/mol. The SMILES string of the molecule is COC(=O)CC(=O)C[C@@H](C[C@H]1OC(C)(C)O[C@@H]1/C=C(C)/C=C/[C@@H](CC#C[Si](C)(C)C)OC)OC. The molecule has 0 bridgehead atoms. The smallest absolute Gasteiger partial charge is 0.313 e. The molecule has 1 saturated heterocycles. The van der Waals surface area contributed by atoms with Crippen LogP contribution in [-0.4, -0.2) is 71.4 Å². The molecule has 0 saturated carbocycles. The number of Topliss-reactive ketones (excluding diaryl/α,β-unsaturated/α-hetero) is 1. The highest BCUT2D eigenvalue weighted by atomic mass is 28.3. The summed E-state index contributed by atoms with van der Waals surface area (Å²) in [5, 5.41) is 0. The van der Waals surface area contributed by atoms with Crippen LogP contribution < -0.4 is 0 Å². The molecule has 1 aliphatic heterocycles. The standard InChI is InChI=1S/C26H42O7Si/c1-19(12-13-21(29-4)11-10-14-34(7,8)9)15-23-24(33-26(2,3)32-23)18-22(30-5)16-20(27)17-25(28)31-6/h12-13,15,21-24H,11,16-18H2,1-9H3/b13-12+,19-15+/t21-,22+,23-,24-/m1/s1. The predicted molar refractivity (Wildman–Crippen MR) is 135 cm³/mol. The van der Waals surface area contributed by atoms with E-state index in [-0.39, 0.29) is 36.9 Å². The van der Waals surface area contributed by atoms with E-state index >= 15 is 0 Å². The van der Waals surface area contributed by atoms with Crippen LogP contribution >= 0.6 is 0 Å². The largest absolute Gasteiger partial charge is 0.469 e. The average Bonchev–Trinajstić information content (AvgIpc) is 3.01. The lowest BCUT2D eigenvalue weighted by Crippen LogP contribution is -2.29. The molecule has 0 aliphatic carbocycles. The van der Waals surface area contributed by atoms with Gasteiger partial charge < -0.3 is 23.7 Å². The van der Waals surface area contributed by atoms with Crippen LogP contribution in [0, 0.1) is 11.5 Å². The molecule has 1 heterocycles. The van der Waals surface area contributed by atoms with Crippen LogP contribution in [0.25, 0.3) is 0 Å². The van der Waals surface area contributed by atoms with Gasteiger partial charge in [0.2, 0.25) is 0 Å². The van der Waals surface area contributed by atoms with E-state index in [0.717, 1.165) is 5.57 Å². The highest BCUT2D eigenvalue weighted by Gasteiger charge is 2.41. The third-order valence-electron chi connectivity index (χ3n) is 5.14. The Morgan fingerprint density at radius 2 is 1.79 bits per heavy atom. The summed E-state index contributed by atoms with van der Waals surface area (Å²) in [6, 6.07) is 0. The van der Waals surface area contributed by atoms with Crippen LogP contribution in [0.2, 0.25) is 19.6 Å². The third kappa shape index (κ3) is 12.1. The number of rotatable bonds is 12. The molecule has 0 spiro atoms. The maximum absolute atomic E-state index is 12.2. The van der Waals surface area contributed by atoms with Crippen molar-refractivity contribution in [2.24, 2.45) is 0 Å². The summed E-state index contributed by atoms with van der Waals surface area (Å²) in [6.07, 6.45) is 5.89. The molecule has 8 heteroatoms. The molecule has 0 radical (unpaired) electrons. The number of hydrogen-bond donors (Lipinski definition) is 0. The topological polar surface area (TPSA) is 80.3 Å². The summed E-state index contributed by atoms with van der Waals surface area (Å²) in [6.45, 7) is 12.4. The third-order valence-corrected chi connectivity index (χ3v) is 6.07. The molecule has 4 atom stereocenters. The molecule has 0 aromatic heterocycles. The van der Waals surface area contributed by atoms with Crippen molar-refractivity contribution in [2.75, 3.05) is 21.3 Å². The van der Waals surface area contributed by atoms with Gasteiger partial charge in [0.05, 0.1) is 25.4 Å². The number of carbonyl (C=O) groups is 2. The molecular weight excluding hydrogens is 452 g/mol. The Labute approximate surface area is 206 Å². The molecule has 0 aromatic rings. The molecule has 0 aromatic carbocycles. The maximum atomic E-state index is 12.2. The average molecular weight is 495 g/mol. The van der Waals surface area contributed by atoms with Crippen LogP contribution in [0.3, 0.4) is 0 Å². The van der Waals surface area contributed by atoms with Crippen molar-refractivity contribution in [3.05, 3.63) is 23.8 Å². The van der Waals surface area contributed by atoms with Crippen LogP contribution in [0.4, 0.5) is 0 Å². The summed E-state index contributed by atoms with van der Waals surface area (Å²) >= 11 is 0. The lowest BCUT2D eigenvalue weighted by atomic mass is 10.00. The van der Waals surface area contributed by atoms with E-state index in [2.05, 4.69) is 35.8 Å². The van der Waals surface area contributed by atoms with Gasteiger partial charge in [0, 0.05) is 33.5 Å². The first-order valence-electron chi connectivity index (χ1n) is 11.6. The zero-order chi connectivity index (χ0) is 25.9. The fourth-order valence-electron chi connectivity index (χ4n) is 3.49. The van der Waals surface area contributed by atoms with Crippen molar-refractivity contribution >= 4 is 19.8 Å². The second-order valence-electron chi connectivity index (χ2n) is 10.0. The molecule has 192 valence electrons. The second-order valence-corrected chi connectivity index (χ2v) is 14.8. The van der Waals surface area contributed by atoms with Crippen molar-refractivity contribution in [1.29, 1.82) is 0 Å². The Balaban J connectivity index is 2.84. The van der Waals surface area contributed by atoms with Gasteiger partial charge in [-0.15, -0.1) is 11.5 Å². The minimum absolute atomic E-state index is 0.0844. The van der Waals surface area contributed by atoms with Crippen molar-refractivity contribution in [3.63, 3.8) is 0 Å². The van der Waals surface area contributed by atoms with E-state index in [1.54, 1.807) is 14.2 Å². The van der Waals surface area contributed by atoms with E-state index < -0.39 is 25.9 Å². The first-order valence-corrected chi connectivity index (χ1v) is 15.1. The van der Waals surface area contributed by atoms with Crippen LogP contribution in [0.5, 0.6) is 0 Å². The van der Waals surface area contributed by atoms with Crippen LogP contribution in [0.1, 0.15) is 46.5 Å². The van der Waals surface area contributed by atoms with Gasteiger partial charge in [0.1, 0.15) is 26.4 Å². The Kier molecular flexibility index (Phi) is 12.4. The first-order chi connectivity index (χ1) is 15.8. The van der Waals surface area contributed by atoms with Crippen molar-refractivity contribution in [1.82, 2.24) is 0 Å². The van der Waals surface area contributed by atoms with Crippen molar-refractivity contribution in [3.8, 4) is 11.5 Å². The molecule has 1 aliphatic rings. The highest BCUT2D eigenvalue weighted by molar-refractivity contribution is 6.83. The van der Waals surface area contributed by atoms with Crippen LogP contribution in [0.15, 0.2) is 23.8 Å². The number of ketones is 1. The van der Waals surface area contributed by atoms with E-state index in [9.17, 15) is 9.59 Å². The molecule has 34 heavy (non-hydrogen) atoms. The van der Waals surface area contributed by atoms with Gasteiger partial charge in [0.15, 0.2) is 5.79 Å². The normalized spacial score (nSPS) is 22.2. The molecule has 0 N–H and O–H groups in total. The minimum atomic E-state index is -1.40. The number of ether oxygens (including phenoxy) is 5. The zero-order valence-corrected chi connectivity index (χ0v) is 23.2. The lowest BCUT2D eigenvalue weighted by Gasteiger charge is -2.21. The molecule has 0 amide bonds. The molecule has 0 unspecified atom stereocenters. The number of methoxy groups -OCH3 is 3. The Bertz CT molecular complexity index is 798. The molecular formula is C26H42O7Si. The fraction of sp³-hybridized carbons (Fsp3) is 0.692. The highest BCUT2D eigenvalue weighted by Crippen LogP contribution is 2.33. The number of carbonyl (C=O) groups excluding carboxylic acids is 2. The quantitative estimate of drug-likeness (QED) is 0.132. The van der Waals surface area contributed by atoms with Gasteiger partial charge in [-0.1, -0.05) is 43.4 Å². The predicted octanol–water partition coefficient (Wildman–Crippen LogP) is 4.22. The van der Waals surface area contributed by atoms with E-state index in [4.69, 9.17) is 18.9 Å². The second kappa shape index (κ2) is 14.0. The number of esters is 1. The maximum Gasteiger partial charge on any atom is 0.313 e. The molecule has 1 fully saturated rings. The van der Waals surface area contributed by atoms with Crippen LogP contribution in [-0.2, 0) is 33.3 Å². The van der Waals surface area contributed by atoms with Gasteiger partial charge in [-0.05, 0) is 20.8 Å². The summed E-state index contributed by atoms with van der Waals surface area (Å²) in [5.41, 5.74) is 4.37. The number of hydrogen-bond acceptors (Lipinski definition) is 7. The Morgan fingerprint density at radius 1 is 1.12 bits per heavy atom. The lowest BCUT2D eigenvalue weighted by molar-refractivity contribution is -0.146. The van der Waals surface area contributed by atoms with Crippen molar-refractivity contribution in [2.45, 2.75) is 96.3 Å². The van der Waals surface area contributed by atoms with Crippen molar-refractivity contribution < 1.29 is 33.3 Å². The van der Waals surface area contributed by atoms with Gasteiger partial charge in [0.25, 0.3) is 0 Å². The summed E-state index contributed by atoms with van der Waals surface area (Å²) < 4.78 is 27.8. The Morgan fingerprint density at radius 3 is 2.35 bits per heavy atom. The van der Waals surface area contributed by atoms with Gasteiger partial charge in [-0.25, -0.2) is 0 Å². The minimum Gasteiger partial charge on any atom is -0.469 e. The molecule has 7 nitrogen and oxygen atoms in total. The van der Waals surface area contributed by atoms with E-state index in [1.165, 1.54) is 7.11 Å². The first kappa shape index (κ1) is 30.3. The van der Waals surface area contributed by atoms with Gasteiger partial charge in [-0.2, -0.15) is 0 Å². The summed E-state index contributed by atoms with van der Waals surface area (Å²) in [5.74, 6) is 1.71. The van der Waals surface area contributed by atoms with E-state index in [0.29, 0.717) is 12.8 Å². The summed E-state index contributed by atoms with van der Waals surface area (Å²) in [4.78, 5) is 23.5. The summed E-state index contributed by atoms with van der Waals surface area (Å²) in [7, 11) is 3.09. The zero-order valence-electron chi connectivity index (χ0n) is 22.2. The van der Waals surface area contributed by atoms with E-state index in [1.807, 2.05) is 39.0 Å².